The van der Waals surface area contributed by atoms with Crippen LogP contribution in [0, 0.1) is 0 Å². The molecule has 1 saturated heterocycles. The maximum absolute atomic E-state index is 13.0. The second kappa shape index (κ2) is 7.38. The molecule has 0 aliphatic carbocycles. The highest BCUT2D eigenvalue weighted by Crippen LogP contribution is 2.27. The summed E-state index contributed by atoms with van der Waals surface area (Å²) in [5.74, 6) is 1.35. The van der Waals surface area contributed by atoms with Gasteiger partial charge in [0.25, 0.3) is 0 Å². The number of halogens is 1. The molecule has 1 unspecified atom stereocenters. The number of hydrogen-bond donors (Lipinski definition) is 0. The summed E-state index contributed by atoms with van der Waals surface area (Å²) in [6.07, 6.45) is 4.36. The second-order valence-corrected chi connectivity index (χ2v) is 7.54. The zero-order valence-electron chi connectivity index (χ0n) is 15.4. The van der Waals surface area contributed by atoms with Gasteiger partial charge in [0.2, 0.25) is 5.91 Å². The number of fused-ring (bicyclic) bond motifs is 1. The fraction of sp³-hybridized carbons (Fsp3) is 0.526. The Hall–Kier alpha value is -2.28. The molecule has 1 amide bonds. The van der Waals surface area contributed by atoms with Crippen LogP contribution >= 0.6 is 11.6 Å². The predicted molar refractivity (Wildman–Crippen MR) is 101 cm³/mol. The lowest BCUT2D eigenvalue weighted by atomic mass is 10.0. The normalized spacial score (nSPS) is 19.2. The van der Waals surface area contributed by atoms with Gasteiger partial charge in [0.1, 0.15) is 17.6 Å². The minimum atomic E-state index is -0.424. The number of hydrogen-bond acceptors (Lipinski definition) is 4. The summed E-state index contributed by atoms with van der Waals surface area (Å²) in [5, 5.41) is 4.99. The molecule has 1 fully saturated rings. The van der Waals surface area contributed by atoms with Crippen LogP contribution in [0.15, 0.2) is 23.0 Å². The molecular formula is C19H23ClN4O3. The first-order valence-electron chi connectivity index (χ1n) is 9.38. The molecule has 144 valence electrons. The van der Waals surface area contributed by atoms with Crippen molar-refractivity contribution >= 4 is 17.5 Å². The fourth-order valence-electron chi connectivity index (χ4n) is 4.00. The van der Waals surface area contributed by atoms with Crippen molar-refractivity contribution in [3.05, 3.63) is 45.1 Å². The Labute approximate surface area is 162 Å². The van der Waals surface area contributed by atoms with Gasteiger partial charge in [-0.2, -0.15) is 5.10 Å². The van der Waals surface area contributed by atoms with Crippen molar-refractivity contribution < 1.29 is 9.53 Å². The van der Waals surface area contributed by atoms with Crippen LogP contribution in [0.4, 0.5) is 0 Å². The Balaban J connectivity index is 1.62. The van der Waals surface area contributed by atoms with Gasteiger partial charge in [0, 0.05) is 19.5 Å². The third-order valence-electron chi connectivity index (χ3n) is 5.38. The number of carbonyl (C=O) groups excluding carboxylic acids is 1. The number of ether oxygens (including phenoxy) is 1. The van der Waals surface area contributed by atoms with Crippen LogP contribution < -0.4 is 10.4 Å². The highest BCUT2D eigenvalue weighted by molar-refractivity contribution is 6.32. The van der Waals surface area contributed by atoms with Crippen LogP contribution in [0.2, 0.25) is 5.02 Å². The molecule has 1 aromatic carbocycles. The summed E-state index contributed by atoms with van der Waals surface area (Å²) in [7, 11) is 1.56. The van der Waals surface area contributed by atoms with Crippen LogP contribution in [0.5, 0.6) is 5.75 Å². The lowest BCUT2D eigenvalue weighted by Gasteiger charge is -2.27. The predicted octanol–water partition coefficient (Wildman–Crippen LogP) is 2.25. The van der Waals surface area contributed by atoms with Crippen molar-refractivity contribution in [2.45, 2.75) is 44.7 Å². The van der Waals surface area contributed by atoms with Gasteiger partial charge in [-0.1, -0.05) is 17.7 Å². The van der Waals surface area contributed by atoms with Crippen molar-refractivity contribution in [2.24, 2.45) is 0 Å². The number of benzene rings is 1. The van der Waals surface area contributed by atoms with Crippen LogP contribution in [0.1, 0.15) is 43.1 Å². The monoisotopic (exact) mass is 390 g/mol. The summed E-state index contributed by atoms with van der Waals surface area (Å²) >= 11 is 6.19. The molecule has 27 heavy (non-hydrogen) atoms. The SMILES string of the molecule is COc1ccc(Cn2nc3n(c2=O)C(C(=O)N2CCCC2)CCC3)cc1Cl. The first-order valence-corrected chi connectivity index (χ1v) is 9.75. The summed E-state index contributed by atoms with van der Waals surface area (Å²) < 4.78 is 8.21. The second-order valence-electron chi connectivity index (χ2n) is 7.14. The molecule has 1 aromatic heterocycles. The van der Waals surface area contributed by atoms with E-state index in [0.717, 1.165) is 44.3 Å². The molecule has 0 N–H and O–H groups in total. The van der Waals surface area contributed by atoms with Crippen molar-refractivity contribution in [3.8, 4) is 5.75 Å². The molecule has 3 heterocycles. The van der Waals surface area contributed by atoms with E-state index in [1.54, 1.807) is 23.8 Å². The Morgan fingerprint density at radius 2 is 2.07 bits per heavy atom. The first kappa shape index (κ1) is 18.1. The minimum Gasteiger partial charge on any atom is -0.495 e. The lowest BCUT2D eigenvalue weighted by molar-refractivity contribution is -0.134. The van der Waals surface area contributed by atoms with E-state index in [0.29, 0.717) is 29.6 Å². The maximum atomic E-state index is 13.0. The van der Waals surface area contributed by atoms with Crippen LogP contribution in [-0.2, 0) is 17.8 Å². The molecule has 2 aliphatic heterocycles. The third kappa shape index (κ3) is 3.36. The number of aryl methyl sites for hydroxylation is 1. The molecule has 8 heteroatoms. The van der Waals surface area contributed by atoms with Gasteiger partial charge in [-0.25, -0.2) is 9.48 Å². The number of likely N-dealkylation sites (tertiary alicyclic amines) is 1. The molecule has 0 spiro atoms. The molecule has 2 aromatic rings. The zero-order valence-corrected chi connectivity index (χ0v) is 16.1. The average molecular weight is 391 g/mol. The number of methoxy groups -OCH3 is 1. The quantitative estimate of drug-likeness (QED) is 0.802. The van der Waals surface area contributed by atoms with Crippen molar-refractivity contribution in [1.82, 2.24) is 19.2 Å². The van der Waals surface area contributed by atoms with E-state index in [-0.39, 0.29) is 11.6 Å². The third-order valence-corrected chi connectivity index (χ3v) is 5.68. The number of amides is 1. The van der Waals surface area contributed by atoms with E-state index >= 15 is 0 Å². The van der Waals surface area contributed by atoms with Gasteiger partial charge in [-0.15, -0.1) is 0 Å². The fourth-order valence-corrected chi connectivity index (χ4v) is 4.28. The molecule has 7 nitrogen and oxygen atoms in total. The van der Waals surface area contributed by atoms with E-state index < -0.39 is 6.04 Å². The smallest absolute Gasteiger partial charge is 0.346 e. The Morgan fingerprint density at radius 3 is 2.78 bits per heavy atom. The standard InChI is InChI=1S/C19H23ClN4O3/c1-27-16-8-7-13(11-14(16)20)12-23-19(26)24-15(5-4-6-17(24)21-23)18(25)22-9-2-3-10-22/h7-8,11,15H,2-6,9-10,12H2,1H3. The first-order chi connectivity index (χ1) is 13.1. The Kier molecular flexibility index (Phi) is 4.95. The topological polar surface area (TPSA) is 69.4 Å². The highest BCUT2D eigenvalue weighted by atomic mass is 35.5. The molecule has 0 saturated carbocycles. The molecule has 0 bridgehead atoms. The van der Waals surface area contributed by atoms with Gasteiger partial charge in [-0.3, -0.25) is 9.36 Å². The van der Waals surface area contributed by atoms with Crippen molar-refractivity contribution in [3.63, 3.8) is 0 Å². The molecule has 4 rings (SSSR count). The van der Waals surface area contributed by atoms with Crippen LogP contribution in [0.3, 0.4) is 0 Å². The Bertz CT molecular complexity index is 914. The number of carbonyl (C=O) groups is 1. The number of rotatable bonds is 4. The van der Waals surface area contributed by atoms with Gasteiger partial charge in [0.05, 0.1) is 18.7 Å². The summed E-state index contributed by atoms with van der Waals surface area (Å²) in [6.45, 7) is 1.89. The highest BCUT2D eigenvalue weighted by Gasteiger charge is 2.34. The van der Waals surface area contributed by atoms with E-state index in [4.69, 9.17) is 16.3 Å². The van der Waals surface area contributed by atoms with Crippen LogP contribution in [-0.4, -0.2) is 45.4 Å². The molecule has 1 atom stereocenters. The Morgan fingerprint density at radius 1 is 1.30 bits per heavy atom. The average Bonchev–Trinajstić information content (AvgIpc) is 3.30. The van der Waals surface area contributed by atoms with Crippen molar-refractivity contribution in [2.75, 3.05) is 20.2 Å². The number of nitrogens with zero attached hydrogens (tertiary/aromatic N) is 4. The molecular weight excluding hydrogens is 368 g/mol. The number of aromatic nitrogens is 3. The van der Waals surface area contributed by atoms with Gasteiger partial charge >= 0.3 is 5.69 Å². The van der Waals surface area contributed by atoms with Gasteiger partial charge in [-0.05, 0) is 43.4 Å². The zero-order chi connectivity index (χ0) is 19.0. The molecule has 0 radical (unpaired) electrons. The molecule has 2 aliphatic rings. The van der Waals surface area contributed by atoms with Gasteiger partial charge in [0.15, 0.2) is 0 Å². The van der Waals surface area contributed by atoms with E-state index in [1.807, 2.05) is 11.0 Å². The van der Waals surface area contributed by atoms with E-state index in [9.17, 15) is 9.59 Å². The summed E-state index contributed by atoms with van der Waals surface area (Å²) in [4.78, 5) is 27.8. The van der Waals surface area contributed by atoms with Gasteiger partial charge < -0.3 is 9.64 Å². The lowest BCUT2D eigenvalue weighted by Crippen LogP contribution is -2.41. The summed E-state index contributed by atoms with van der Waals surface area (Å²) in [6, 6.07) is 4.99. The van der Waals surface area contributed by atoms with Crippen molar-refractivity contribution in [1.29, 1.82) is 0 Å². The maximum Gasteiger partial charge on any atom is 0.346 e. The van der Waals surface area contributed by atoms with Crippen LogP contribution in [0.25, 0.3) is 0 Å². The largest absolute Gasteiger partial charge is 0.495 e. The summed E-state index contributed by atoms with van der Waals surface area (Å²) in [5.41, 5.74) is 0.634. The minimum absolute atomic E-state index is 0.0580. The van der Waals surface area contributed by atoms with E-state index in [1.165, 1.54) is 4.68 Å². The van der Waals surface area contributed by atoms with E-state index in [2.05, 4.69) is 5.10 Å².